The van der Waals surface area contributed by atoms with Gasteiger partial charge in [-0.05, 0) is 61.7 Å². The maximum atomic E-state index is 13.8. The molecule has 2 aliphatic rings. The Morgan fingerprint density at radius 3 is 2.52 bits per heavy atom. The molecule has 0 radical (unpaired) electrons. The smallest absolute Gasteiger partial charge is 0.349 e. The van der Waals surface area contributed by atoms with Gasteiger partial charge in [0.05, 0.1) is 23.7 Å². The summed E-state index contributed by atoms with van der Waals surface area (Å²) in [5, 5.41) is 4.86. The molecule has 2 N–H and O–H groups in total. The summed E-state index contributed by atoms with van der Waals surface area (Å²) >= 11 is 0. The molecule has 1 aliphatic heterocycles. The summed E-state index contributed by atoms with van der Waals surface area (Å²) in [5.74, 6) is -2.41. The number of fused-ring (bicyclic) bond motifs is 1. The number of anilines is 1. The van der Waals surface area contributed by atoms with E-state index in [0.29, 0.717) is 5.57 Å². The van der Waals surface area contributed by atoms with Gasteiger partial charge in [0.25, 0.3) is 24.1 Å². The first-order chi connectivity index (χ1) is 18.6. The van der Waals surface area contributed by atoms with Crippen LogP contribution in [0.25, 0.3) is 0 Å². The minimum atomic E-state index is -4.59. The van der Waals surface area contributed by atoms with Crippen LogP contribution in [0.2, 0.25) is 0 Å². The van der Waals surface area contributed by atoms with Crippen LogP contribution in [0.1, 0.15) is 53.9 Å². The average molecular weight is 567 g/mol. The van der Waals surface area contributed by atoms with Crippen LogP contribution in [0.3, 0.4) is 0 Å². The molecule has 1 aromatic heterocycles. The fraction of sp³-hybridized carbons (Fsp3) is 0.333. The Labute approximate surface area is 224 Å². The molecule has 0 spiro atoms. The molecule has 1 fully saturated rings. The highest BCUT2D eigenvalue weighted by Crippen LogP contribution is 2.36. The van der Waals surface area contributed by atoms with E-state index in [9.17, 15) is 40.7 Å². The van der Waals surface area contributed by atoms with Crippen molar-refractivity contribution < 1.29 is 40.7 Å². The van der Waals surface area contributed by atoms with Gasteiger partial charge in [0.1, 0.15) is 5.69 Å². The molecular formula is C27H24F6N4O3. The highest BCUT2D eigenvalue weighted by Gasteiger charge is 2.36. The lowest BCUT2D eigenvalue weighted by atomic mass is 9.96. The lowest BCUT2D eigenvalue weighted by Crippen LogP contribution is -2.38. The van der Waals surface area contributed by atoms with Crippen molar-refractivity contribution >= 4 is 23.4 Å². The van der Waals surface area contributed by atoms with Gasteiger partial charge >= 0.3 is 6.18 Å². The normalized spacial score (nSPS) is 17.4. The summed E-state index contributed by atoms with van der Waals surface area (Å²) in [6.07, 6.45) is -3.34. The van der Waals surface area contributed by atoms with Crippen LogP contribution in [-0.4, -0.2) is 41.0 Å². The first-order valence-electron chi connectivity index (χ1n) is 12.1. The number of amides is 3. The van der Waals surface area contributed by atoms with E-state index in [4.69, 9.17) is 0 Å². The molecule has 40 heavy (non-hydrogen) atoms. The van der Waals surface area contributed by atoms with Crippen molar-refractivity contribution in [1.29, 1.82) is 0 Å². The van der Waals surface area contributed by atoms with Crippen LogP contribution in [-0.2, 0) is 22.3 Å². The van der Waals surface area contributed by atoms with E-state index in [-0.39, 0.29) is 36.3 Å². The van der Waals surface area contributed by atoms with E-state index in [1.54, 1.807) is 6.08 Å². The lowest BCUT2D eigenvalue weighted by molar-refractivity contribution is -0.137. The average Bonchev–Trinajstić information content (AvgIpc) is 3.21. The Hall–Kier alpha value is -4.16. The number of carbonyl (C=O) groups excluding carboxylic acids is 3. The summed E-state index contributed by atoms with van der Waals surface area (Å²) in [7, 11) is 0. The molecule has 2 heterocycles. The van der Waals surface area contributed by atoms with Crippen molar-refractivity contribution in [2.75, 3.05) is 11.4 Å². The van der Waals surface area contributed by atoms with Crippen molar-refractivity contribution in [3.8, 4) is 0 Å². The number of halogens is 6. The van der Waals surface area contributed by atoms with Crippen LogP contribution in [0, 0.1) is 0 Å². The Kier molecular flexibility index (Phi) is 7.77. The van der Waals surface area contributed by atoms with Gasteiger partial charge in [-0.3, -0.25) is 19.4 Å². The van der Waals surface area contributed by atoms with E-state index in [1.807, 2.05) is 0 Å². The fourth-order valence-electron chi connectivity index (χ4n) is 4.27. The maximum absolute atomic E-state index is 13.8. The summed E-state index contributed by atoms with van der Waals surface area (Å²) in [4.78, 5) is 42.7. The minimum absolute atomic E-state index is 0.0372. The molecule has 7 nitrogen and oxygen atoms in total. The predicted octanol–water partition coefficient (Wildman–Crippen LogP) is 4.80. The van der Waals surface area contributed by atoms with Crippen molar-refractivity contribution in [3.63, 3.8) is 0 Å². The number of rotatable bonds is 7. The molecule has 0 bridgehead atoms. The molecule has 3 amide bonds. The third-order valence-corrected chi connectivity index (χ3v) is 6.36. The number of carbonyl (C=O) groups is 3. The minimum Gasteiger partial charge on any atom is -0.349 e. The highest BCUT2D eigenvalue weighted by atomic mass is 19.4. The Bertz CT molecular complexity index is 1410. The first kappa shape index (κ1) is 28.8. The van der Waals surface area contributed by atoms with E-state index >= 15 is 0 Å². The van der Waals surface area contributed by atoms with Crippen LogP contribution < -0.4 is 15.5 Å². The molecular weight excluding hydrogens is 542 g/mol. The topological polar surface area (TPSA) is 91.4 Å². The largest absolute Gasteiger partial charge is 0.416 e. The van der Waals surface area contributed by atoms with Gasteiger partial charge in [-0.1, -0.05) is 12.1 Å². The zero-order valence-corrected chi connectivity index (χ0v) is 21.3. The summed E-state index contributed by atoms with van der Waals surface area (Å²) in [6.45, 7) is 1.87. The second-order valence-electron chi connectivity index (χ2n) is 9.80. The summed E-state index contributed by atoms with van der Waals surface area (Å²) in [6, 6.07) is 4.69. The van der Waals surface area contributed by atoms with Crippen LogP contribution >= 0.6 is 0 Å². The number of aromatic nitrogens is 1. The Morgan fingerprint density at radius 1 is 1.15 bits per heavy atom. The summed E-state index contributed by atoms with van der Waals surface area (Å²) < 4.78 is 80.4. The molecule has 212 valence electrons. The lowest BCUT2D eigenvalue weighted by Gasteiger charge is -2.19. The van der Waals surface area contributed by atoms with Crippen molar-refractivity contribution in [2.24, 2.45) is 0 Å². The van der Waals surface area contributed by atoms with Crippen LogP contribution in [0.4, 0.5) is 32.0 Å². The van der Waals surface area contributed by atoms with Crippen LogP contribution in [0.15, 0.2) is 59.8 Å². The van der Waals surface area contributed by atoms with Crippen molar-refractivity contribution in [2.45, 2.75) is 51.1 Å². The molecule has 4 rings (SSSR count). The van der Waals surface area contributed by atoms with E-state index in [1.165, 1.54) is 23.1 Å². The van der Waals surface area contributed by atoms with Gasteiger partial charge < -0.3 is 15.5 Å². The number of benzene rings is 1. The number of pyridine rings is 1. The zero-order chi connectivity index (χ0) is 29.4. The molecule has 1 saturated heterocycles. The molecule has 13 heteroatoms. The number of hydrogen-bond acceptors (Lipinski definition) is 4. The number of nitrogens with zero attached hydrogens (tertiary/aromatic N) is 2. The zero-order valence-electron chi connectivity index (χ0n) is 21.3. The first-order valence-corrected chi connectivity index (χ1v) is 12.1. The fourth-order valence-corrected chi connectivity index (χ4v) is 4.27. The summed E-state index contributed by atoms with van der Waals surface area (Å²) in [5.41, 5.74) is -3.35. The highest BCUT2D eigenvalue weighted by molar-refractivity contribution is 6.13. The van der Waals surface area contributed by atoms with Gasteiger partial charge in [-0.25, -0.2) is 13.2 Å². The van der Waals surface area contributed by atoms with Gasteiger partial charge in [0.2, 0.25) is 0 Å². The van der Waals surface area contributed by atoms with Gasteiger partial charge in [-0.15, -0.1) is 0 Å². The predicted molar refractivity (Wildman–Crippen MR) is 132 cm³/mol. The second-order valence-corrected chi connectivity index (χ2v) is 9.80. The van der Waals surface area contributed by atoms with Crippen molar-refractivity contribution in [3.05, 3.63) is 82.2 Å². The standard InChI is InChI=1S/C27H24F6N4O3/c1-26(2,30)25(40)35-12-14-8-20(21(22(28)29)34-11-14)23(38)36-17-7-6-15-13-37(24(39)19(15)10-17)18-5-3-4-16(9-18)27(31,32)33/h3-6,8-11,17,22H,7,12-13H2,1-2H3,(H,35,40)(H,36,38). The molecule has 1 unspecified atom stereocenters. The Balaban J connectivity index is 1.51. The van der Waals surface area contributed by atoms with Gasteiger partial charge in [0.15, 0.2) is 5.67 Å². The van der Waals surface area contributed by atoms with E-state index in [2.05, 4.69) is 15.6 Å². The third kappa shape index (κ3) is 6.18. The van der Waals surface area contributed by atoms with Gasteiger partial charge in [-0.2, -0.15) is 13.2 Å². The van der Waals surface area contributed by atoms with Crippen molar-refractivity contribution in [1.82, 2.24) is 15.6 Å². The number of nitrogens with one attached hydrogen (secondary N) is 2. The van der Waals surface area contributed by atoms with Gasteiger partial charge in [0, 0.05) is 24.0 Å². The quantitative estimate of drug-likeness (QED) is 0.471. The second kappa shape index (κ2) is 10.8. The molecule has 1 aliphatic carbocycles. The number of alkyl halides is 6. The molecule has 1 atom stereocenters. The number of hydrogen-bond donors (Lipinski definition) is 2. The molecule has 1 aromatic carbocycles. The van der Waals surface area contributed by atoms with E-state index < -0.39 is 58.9 Å². The third-order valence-electron chi connectivity index (χ3n) is 6.36. The maximum Gasteiger partial charge on any atom is 0.416 e. The van der Waals surface area contributed by atoms with E-state index in [0.717, 1.165) is 38.2 Å². The molecule has 0 saturated carbocycles. The monoisotopic (exact) mass is 566 g/mol. The SMILES string of the molecule is CC(C)(F)C(=O)NCc1cnc(C(F)F)c(C(=O)NC2C=C3C(=O)N(c4cccc(C(F)(F)F)c4)CC3=CC2)c1. The Morgan fingerprint density at radius 2 is 1.88 bits per heavy atom. The van der Waals surface area contributed by atoms with Crippen LogP contribution in [0.5, 0.6) is 0 Å². The molecule has 2 aromatic rings.